The van der Waals surface area contributed by atoms with Crippen molar-refractivity contribution in [1.29, 1.82) is 0 Å². The fourth-order valence-electron chi connectivity index (χ4n) is 3.63. The number of hydrogen-bond acceptors (Lipinski definition) is 5. The van der Waals surface area contributed by atoms with Gasteiger partial charge in [-0.2, -0.15) is 4.31 Å². The van der Waals surface area contributed by atoms with E-state index in [0.717, 1.165) is 5.56 Å². The highest BCUT2D eigenvalue weighted by Gasteiger charge is 2.31. The zero-order chi connectivity index (χ0) is 20.6. The molecule has 2 aromatic rings. The summed E-state index contributed by atoms with van der Waals surface area (Å²) < 4.78 is 38.2. The van der Waals surface area contributed by atoms with Gasteiger partial charge in [0.05, 0.1) is 23.7 Å². The van der Waals surface area contributed by atoms with E-state index in [9.17, 15) is 13.2 Å². The number of rotatable bonds is 4. The molecule has 7 nitrogen and oxygen atoms in total. The molecule has 0 aliphatic carbocycles. The number of hydrogen-bond donors (Lipinski definition) is 1. The van der Waals surface area contributed by atoms with Crippen molar-refractivity contribution >= 4 is 21.6 Å². The Morgan fingerprint density at radius 1 is 1.10 bits per heavy atom. The van der Waals surface area contributed by atoms with E-state index in [1.807, 2.05) is 19.1 Å². The third-order valence-corrected chi connectivity index (χ3v) is 7.38. The Morgan fingerprint density at radius 2 is 1.83 bits per heavy atom. The summed E-state index contributed by atoms with van der Waals surface area (Å²) >= 11 is 0. The standard InChI is InChI=1S/C21H24N2O5S/c1-14-15(2)28-20-18(14)7-4-8-19(20)21(24)22-16-5-3-6-17(13-16)29(25,26)23-9-11-27-12-10-23/h3-8,13-15H,9-12H2,1-2H3,(H,22,24)/t14-,15-/m0/s1. The average molecular weight is 416 g/mol. The summed E-state index contributed by atoms with van der Waals surface area (Å²) in [5.41, 5.74) is 1.87. The maximum Gasteiger partial charge on any atom is 0.259 e. The summed E-state index contributed by atoms with van der Waals surface area (Å²) in [5, 5.41) is 2.81. The van der Waals surface area contributed by atoms with Crippen LogP contribution in [0.3, 0.4) is 0 Å². The molecule has 2 aliphatic heterocycles. The first-order valence-electron chi connectivity index (χ1n) is 9.67. The lowest BCUT2D eigenvalue weighted by Gasteiger charge is -2.26. The lowest BCUT2D eigenvalue weighted by Crippen LogP contribution is -2.40. The number of nitrogens with one attached hydrogen (secondary N) is 1. The van der Waals surface area contributed by atoms with Gasteiger partial charge < -0.3 is 14.8 Å². The number of anilines is 1. The van der Waals surface area contributed by atoms with Crippen LogP contribution in [0.4, 0.5) is 5.69 Å². The molecule has 1 amide bonds. The minimum absolute atomic E-state index is 0.000873. The molecule has 1 N–H and O–H groups in total. The highest BCUT2D eigenvalue weighted by molar-refractivity contribution is 7.89. The van der Waals surface area contributed by atoms with Crippen LogP contribution in [-0.4, -0.2) is 51.0 Å². The number of para-hydroxylation sites is 1. The normalized spacial score (nSPS) is 22.0. The summed E-state index contributed by atoms with van der Waals surface area (Å²) in [6.07, 6.45) is 0.000873. The molecule has 0 aromatic heterocycles. The van der Waals surface area contributed by atoms with Crippen LogP contribution < -0.4 is 10.1 Å². The molecule has 29 heavy (non-hydrogen) atoms. The van der Waals surface area contributed by atoms with Gasteiger partial charge in [-0.1, -0.05) is 25.1 Å². The van der Waals surface area contributed by atoms with E-state index in [0.29, 0.717) is 43.3 Å². The van der Waals surface area contributed by atoms with Crippen molar-refractivity contribution in [2.24, 2.45) is 0 Å². The summed E-state index contributed by atoms with van der Waals surface area (Å²) in [7, 11) is -3.63. The molecule has 0 spiro atoms. The van der Waals surface area contributed by atoms with Gasteiger partial charge in [0.15, 0.2) is 0 Å². The minimum Gasteiger partial charge on any atom is -0.489 e. The van der Waals surface area contributed by atoms with Crippen LogP contribution >= 0.6 is 0 Å². The van der Waals surface area contributed by atoms with Crippen molar-refractivity contribution in [2.75, 3.05) is 31.6 Å². The van der Waals surface area contributed by atoms with Gasteiger partial charge in [-0.05, 0) is 31.2 Å². The molecule has 2 aromatic carbocycles. The Hall–Kier alpha value is -2.42. The second kappa shape index (κ2) is 7.78. The zero-order valence-corrected chi connectivity index (χ0v) is 17.2. The number of carbonyl (C=O) groups excluding carboxylic acids is 1. The van der Waals surface area contributed by atoms with Crippen LogP contribution in [0, 0.1) is 0 Å². The van der Waals surface area contributed by atoms with Crippen LogP contribution in [0.2, 0.25) is 0 Å². The fourth-order valence-corrected chi connectivity index (χ4v) is 5.09. The Bertz CT molecular complexity index is 1030. The first-order valence-corrected chi connectivity index (χ1v) is 11.1. The Morgan fingerprint density at radius 3 is 2.59 bits per heavy atom. The SMILES string of the molecule is C[C@@H]1Oc2c(C(=O)Nc3cccc(S(=O)(=O)N4CCOCC4)c3)cccc2[C@H]1C. The number of ether oxygens (including phenoxy) is 2. The van der Waals surface area contributed by atoms with Gasteiger partial charge in [-0.15, -0.1) is 0 Å². The summed E-state index contributed by atoms with van der Waals surface area (Å²) in [4.78, 5) is 13.0. The van der Waals surface area contributed by atoms with Crippen molar-refractivity contribution in [3.8, 4) is 5.75 Å². The highest BCUT2D eigenvalue weighted by atomic mass is 32.2. The first kappa shape index (κ1) is 19.9. The third kappa shape index (κ3) is 3.75. The fraction of sp³-hybridized carbons (Fsp3) is 0.381. The third-order valence-electron chi connectivity index (χ3n) is 5.49. The lowest BCUT2D eigenvalue weighted by molar-refractivity contribution is 0.0730. The quantitative estimate of drug-likeness (QED) is 0.829. The number of nitrogens with zero attached hydrogens (tertiary/aromatic N) is 1. The van der Waals surface area contributed by atoms with Crippen LogP contribution in [0.1, 0.15) is 35.7 Å². The molecule has 8 heteroatoms. The number of carbonyl (C=O) groups is 1. The van der Waals surface area contributed by atoms with Gasteiger partial charge >= 0.3 is 0 Å². The monoisotopic (exact) mass is 416 g/mol. The van der Waals surface area contributed by atoms with Crippen molar-refractivity contribution in [1.82, 2.24) is 4.31 Å². The Kier molecular flexibility index (Phi) is 5.33. The maximum atomic E-state index is 12.9. The van der Waals surface area contributed by atoms with Crippen molar-refractivity contribution in [3.63, 3.8) is 0 Å². The summed E-state index contributed by atoms with van der Waals surface area (Å²) in [6.45, 7) is 5.45. The smallest absolute Gasteiger partial charge is 0.259 e. The van der Waals surface area contributed by atoms with Crippen molar-refractivity contribution in [3.05, 3.63) is 53.6 Å². The van der Waals surface area contributed by atoms with Gasteiger partial charge in [0.25, 0.3) is 5.91 Å². The van der Waals surface area contributed by atoms with E-state index >= 15 is 0 Å². The van der Waals surface area contributed by atoms with E-state index in [-0.39, 0.29) is 22.8 Å². The number of benzene rings is 2. The number of morpholine rings is 1. The van der Waals surface area contributed by atoms with E-state index in [1.165, 1.54) is 16.4 Å². The van der Waals surface area contributed by atoms with Crippen LogP contribution in [0.5, 0.6) is 5.75 Å². The molecule has 154 valence electrons. The molecule has 4 rings (SSSR count). The Labute approximate surface area is 170 Å². The van der Waals surface area contributed by atoms with E-state index in [1.54, 1.807) is 18.2 Å². The Balaban J connectivity index is 1.57. The molecular weight excluding hydrogens is 392 g/mol. The molecule has 0 radical (unpaired) electrons. The molecule has 0 unspecified atom stereocenters. The largest absolute Gasteiger partial charge is 0.489 e. The van der Waals surface area contributed by atoms with E-state index in [4.69, 9.17) is 9.47 Å². The molecule has 0 bridgehead atoms. The van der Waals surface area contributed by atoms with Crippen LogP contribution in [0.15, 0.2) is 47.4 Å². The number of amides is 1. The van der Waals surface area contributed by atoms with Crippen LogP contribution in [0.25, 0.3) is 0 Å². The predicted octanol–water partition coefficient (Wildman–Crippen LogP) is 2.84. The molecule has 1 fully saturated rings. The second-order valence-corrected chi connectivity index (χ2v) is 9.27. The number of sulfonamides is 1. The van der Waals surface area contributed by atoms with Gasteiger partial charge in [0.1, 0.15) is 11.9 Å². The lowest BCUT2D eigenvalue weighted by atomic mass is 9.97. The molecule has 2 atom stereocenters. The average Bonchev–Trinajstić information content (AvgIpc) is 3.03. The van der Waals surface area contributed by atoms with Gasteiger partial charge in [0.2, 0.25) is 10.0 Å². The summed E-state index contributed by atoms with van der Waals surface area (Å²) in [6, 6.07) is 11.8. The number of fused-ring (bicyclic) bond motifs is 1. The maximum absolute atomic E-state index is 12.9. The molecule has 1 saturated heterocycles. The zero-order valence-electron chi connectivity index (χ0n) is 16.4. The van der Waals surface area contributed by atoms with Crippen molar-refractivity contribution in [2.45, 2.75) is 30.8 Å². The minimum atomic E-state index is -3.63. The molecule has 2 heterocycles. The molecule has 0 saturated carbocycles. The molecular formula is C21H24N2O5S. The van der Waals surface area contributed by atoms with Crippen molar-refractivity contribution < 1.29 is 22.7 Å². The topological polar surface area (TPSA) is 84.9 Å². The molecule has 2 aliphatic rings. The summed E-state index contributed by atoms with van der Waals surface area (Å²) in [5.74, 6) is 0.478. The van der Waals surface area contributed by atoms with E-state index in [2.05, 4.69) is 12.2 Å². The predicted molar refractivity (Wildman–Crippen MR) is 109 cm³/mol. The van der Waals surface area contributed by atoms with Gasteiger partial charge in [-0.25, -0.2) is 8.42 Å². The van der Waals surface area contributed by atoms with Gasteiger partial charge in [-0.3, -0.25) is 4.79 Å². The second-order valence-electron chi connectivity index (χ2n) is 7.33. The van der Waals surface area contributed by atoms with Gasteiger partial charge in [0, 0.05) is 30.3 Å². The first-order chi connectivity index (χ1) is 13.9. The highest BCUT2D eigenvalue weighted by Crippen LogP contribution is 2.40. The van der Waals surface area contributed by atoms with Crippen LogP contribution in [-0.2, 0) is 14.8 Å². The van der Waals surface area contributed by atoms with E-state index < -0.39 is 10.0 Å².